The molecule has 1 heterocycles. The predicted octanol–water partition coefficient (Wildman–Crippen LogP) is 5.01. The van der Waals surface area contributed by atoms with E-state index >= 15 is 0 Å². The molecule has 0 aliphatic carbocycles. The molecule has 0 spiro atoms. The molecule has 33 heavy (non-hydrogen) atoms. The number of nitrogens with zero attached hydrogens (tertiary/aromatic N) is 1. The summed E-state index contributed by atoms with van der Waals surface area (Å²) in [7, 11) is 1.58. The van der Waals surface area contributed by atoms with Crippen molar-refractivity contribution in [3.63, 3.8) is 0 Å². The SMILES string of the molecule is CC(=O)Nc1c(I)c(C(=O)OCCOC(=O)OCc2cccs2)c(I)c(N(C)C(C)=O)c1I. The minimum Gasteiger partial charge on any atom is -0.458 e. The van der Waals surface area contributed by atoms with Gasteiger partial charge in [-0.2, -0.15) is 0 Å². The second-order valence-electron chi connectivity index (χ2n) is 6.40. The van der Waals surface area contributed by atoms with Crippen LogP contribution < -0.4 is 10.2 Å². The van der Waals surface area contributed by atoms with E-state index in [9.17, 15) is 19.2 Å². The van der Waals surface area contributed by atoms with Crippen molar-refractivity contribution < 1.29 is 33.4 Å². The predicted molar refractivity (Wildman–Crippen MR) is 149 cm³/mol. The number of benzene rings is 1. The summed E-state index contributed by atoms with van der Waals surface area (Å²) in [5.74, 6) is -1.24. The number of carbonyl (C=O) groups is 4. The molecule has 2 amide bonds. The zero-order valence-electron chi connectivity index (χ0n) is 17.7. The van der Waals surface area contributed by atoms with Gasteiger partial charge in [0.25, 0.3) is 0 Å². The summed E-state index contributed by atoms with van der Waals surface area (Å²) in [6, 6.07) is 3.68. The number of nitrogens with one attached hydrogen (secondary N) is 1. The molecular weight excluding hydrogens is 793 g/mol. The molecule has 9 nitrogen and oxygen atoms in total. The Kier molecular flexibility index (Phi) is 11.1. The van der Waals surface area contributed by atoms with Gasteiger partial charge < -0.3 is 24.4 Å². The molecule has 0 saturated heterocycles. The Balaban J connectivity index is 2.12. The van der Waals surface area contributed by atoms with Crippen LogP contribution in [0.1, 0.15) is 29.1 Å². The zero-order chi connectivity index (χ0) is 24.7. The summed E-state index contributed by atoms with van der Waals surface area (Å²) < 4.78 is 16.8. The van der Waals surface area contributed by atoms with Crippen molar-refractivity contribution in [2.45, 2.75) is 20.5 Å². The number of esters is 1. The number of rotatable bonds is 8. The highest BCUT2D eigenvalue weighted by atomic mass is 127. The topological polar surface area (TPSA) is 111 Å². The molecular formula is C20H19I3N2O7S. The standard InChI is InChI=1S/C20H19I3N2O7S/c1-10(26)24-17-14(21)13(15(22)18(16(17)23)25(3)11(2)27)19(28)30-6-7-31-20(29)32-9-12-5-4-8-33-12/h4-5,8H,6-7,9H2,1-3H3,(H,24,26). The van der Waals surface area contributed by atoms with Crippen LogP contribution in [0.25, 0.3) is 0 Å². The maximum atomic E-state index is 12.9. The summed E-state index contributed by atoms with van der Waals surface area (Å²) in [4.78, 5) is 50.6. The Hall–Kier alpha value is -1.21. The Labute approximate surface area is 235 Å². The van der Waals surface area contributed by atoms with E-state index in [0.717, 1.165) is 4.88 Å². The molecule has 0 aliphatic rings. The quantitative estimate of drug-likeness (QED) is 0.227. The fourth-order valence-electron chi connectivity index (χ4n) is 2.47. The van der Waals surface area contributed by atoms with Gasteiger partial charge in [-0.05, 0) is 79.2 Å². The van der Waals surface area contributed by atoms with E-state index in [-0.39, 0.29) is 37.2 Å². The number of carbonyl (C=O) groups excluding carboxylic acids is 4. The van der Waals surface area contributed by atoms with Crippen molar-refractivity contribution in [1.82, 2.24) is 0 Å². The van der Waals surface area contributed by atoms with Gasteiger partial charge in [-0.1, -0.05) is 6.07 Å². The van der Waals surface area contributed by atoms with Gasteiger partial charge in [0.05, 0.1) is 27.6 Å². The first kappa shape index (κ1) is 28.0. The molecule has 1 N–H and O–H groups in total. The van der Waals surface area contributed by atoms with E-state index in [1.807, 2.05) is 85.3 Å². The maximum absolute atomic E-state index is 12.9. The van der Waals surface area contributed by atoms with Gasteiger partial charge in [-0.3, -0.25) is 9.59 Å². The highest BCUT2D eigenvalue weighted by Gasteiger charge is 2.28. The third-order valence-electron chi connectivity index (χ3n) is 4.06. The number of anilines is 2. The minimum atomic E-state index is -0.865. The third-order valence-corrected chi connectivity index (χ3v) is 8.08. The molecule has 0 radical (unpaired) electrons. The Morgan fingerprint density at radius 3 is 2.24 bits per heavy atom. The third kappa shape index (κ3) is 7.64. The van der Waals surface area contributed by atoms with Crippen LogP contribution in [-0.4, -0.2) is 44.2 Å². The summed E-state index contributed by atoms with van der Waals surface area (Å²) in [6.45, 7) is 2.47. The Bertz CT molecular complexity index is 1060. The summed E-state index contributed by atoms with van der Waals surface area (Å²) in [6.07, 6.45) is -0.865. The normalized spacial score (nSPS) is 10.4. The Morgan fingerprint density at radius 2 is 1.67 bits per heavy atom. The van der Waals surface area contributed by atoms with E-state index in [2.05, 4.69) is 5.32 Å². The molecule has 2 aromatic rings. The number of halogens is 3. The van der Waals surface area contributed by atoms with Gasteiger partial charge in [0.1, 0.15) is 19.8 Å². The molecule has 0 aliphatic heterocycles. The second-order valence-corrected chi connectivity index (χ2v) is 10.7. The fourth-order valence-corrected chi connectivity index (χ4v) is 7.68. The number of thiophene rings is 1. The van der Waals surface area contributed by atoms with E-state index in [4.69, 9.17) is 14.2 Å². The van der Waals surface area contributed by atoms with Crippen LogP contribution in [-0.2, 0) is 30.4 Å². The van der Waals surface area contributed by atoms with E-state index in [1.54, 1.807) is 7.05 Å². The highest BCUT2D eigenvalue weighted by molar-refractivity contribution is 14.1. The van der Waals surface area contributed by atoms with Crippen molar-refractivity contribution in [2.75, 3.05) is 30.5 Å². The van der Waals surface area contributed by atoms with Crippen molar-refractivity contribution in [3.05, 3.63) is 38.7 Å². The van der Waals surface area contributed by atoms with Gasteiger partial charge >= 0.3 is 12.1 Å². The van der Waals surface area contributed by atoms with Crippen LogP contribution in [0.4, 0.5) is 16.2 Å². The summed E-state index contributed by atoms with van der Waals surface area (Å²) in [5, 5.41) is 4.59. The van der Waals surface area contributed by atoms with Crippen molar-refractivity contribution in [3.8, 4) is 0 Å². The summed E-state index contributed by atoms with van der Waals surface area (Å²) in [5.41, 5.74) is 1.09. The molecule has 1 aromatic carbocycles. The number of hydrogen-bond donors (Lipinski definition) is 1. The van der Waals surface area contributed by atoms with E-state index in [1.165, 1.54) is 30.1 Å². The van der Waals surface area contributed by atoms with Crippen LogP contribution >= 0.6 is 79.1 Å². The highest BCUT2D eigenvalue weighted by Crippen LogP contribution is 2.40. The van der Waals surface area contributed by atoms with Crippen LogP contribution in [0.2, 0.25) is 0 Å². The molecule has 0 saturated carbocycles. The average Bonchev–Trinajstić information content (AvgIpc) is 3.26. The molecule has 0 bridgehead atoms. The van der Waals surface area contributed by atoms with E-state index in [0.29, 0.717) is 22.1 Å². The lowest BCUT2D eigenvalue weighted by molar-refractivity contribution is -0.116. The number of amides is 2. The average molecular weight is 812 g/mol. The fraction of sp³-hybridized carbons (Fsp3) is 0.300. The first-order valence-corrected chi connectivity index (χ1v) is 13.4. The monoisotopic (exact) mass is 812 g/mol. The lowest BCUT2D eigenvalue weighted by atomic mass is 10.1. The molecule has 1 aromatic heterocycles. The number of hydrogen-bond acceptors (Lipinski definition) is 8. The van der Waals surface area contributed by atoms with Crippen molar-refractivity contribution in [2.24, 2.45) is 0 Å². The van der Waals surface area contributed by atoms with Crippen LogP contribution in [0.5, 0.6) is 0 Å². The van der Waals surface area contributed by atoms with Gasteiger partial charge in [0.2, 0.25) is 11.8 Å². The van der Waals surface area contributed by atoms with Crippen LogP contribution in [0, 0.1) is 10.7 Å². The molecule has 2 rings (SSSR count). The molecule has 178 valence electrons. The summed E-state index contributed by atoms with van der Waals surface area (Å²) >= 11 is 7.41. The first-order chi connectivity index (χ1) is 15.5. The Morgan fingerprint density at radius 1 is 1.00 bits per heavy atom. The van der Waals surface area contributed by atoms with Gasteiger partial charge in [-0.25, -0.2) is 9.59 Å². The number of ether oxygens (including phenoxy) is 3. The second kappa shape index (κ2) is 13.0. The van der Waals surface area contributed by atoms with Crippen LogP contribution in [0.3, 0.4) is 0 Å². The molecule has 0 fully saturated rings. The maximum Gasteiger partial charge on any atom is 0.508 e. The minimum absolute atomic E-state index is 0.105. The van der Waals surface area contributed by atoms with E-state index < -0.39 is 12.1 Å². The smallest absolute Gasteiger partial charge is 0.458 e. The van der Waals surface area contributed by atoms with Crippen molar-refractivity contribution in [1.29, 1.82) is 0 Å². The largest absolute Gasteiger partial charge is 0.508 e. The lowest BCUT2D eigenvalue weighted by Gasteiger charge is -2.24. The van der Waals surface area contributed by atoms with Crippen molar-refractivity contribution >= 4 is 114 Å². The van der Waals surface area contributed by atoms with Gasteiger partial charge in [-0.15, -0.1) is 11.3 Å². The first-order valence-electron chi connectivity index (χ1n) is 9.25. The van der Waals surface area contributed by atoms with Gasteiger partial charge in [0.15, 0.2) is 0 Å². The molecule has 13 heteroatoms. The van der Waals surface area contributed by atoms with Gasteiger partial charge in [0, 0.05) is 25.8 Å². The van der Waals surface area contributed by atoms with Crippen LogP contribution in [0.15, 0.2) is 17.5 Å². The lowest BCUT2D eigenvalue weighted by Crippen LogP contribution is -2.27. The zero-order valence-corrected chi connectivity index (χ0v) is 25.0. The molecule has 0 unspecified atom stereocenters. The molecule has 0 atom stereocenters.